The Kier molecular flexibility index (Phi) is 5.50. The van der Waals surface area contributed by atoms with Crippen LogP contribution < -0.4 is 5.73 Å². The van der Waals surface area contributed by atoms with E-state index in [2.05, 4.69) is 0 Å². The number of aliphatic hydroxyl groups excluding tert-OH is 1. The number of benzene rings is 1. The fraction of sp³-hybridized carbons (Fsp3) is 0.538. The summed E-state index contributed by atoms with van der Waals surface area (Å²) in [4.78, 5) is 0. The summed E-state index contributed by atoms with van der Waals surface area (Å²) in [6, 6.07) is 0.908. The third-order valence-electron chi connectivity index (χ3n) is 2.83. The van der Waals surface area contributed by atoms with E-state index in [4.69, 9.17) is 17.3 Å². The zero-order valence-corrected chi connectivity index (χ0v) is 11.2. The van der Waals surface area contributed by atoms with Gasteiger partial charge in [0.2, 0.25) is 0 Å². The van der Waals surface area contributed by atoms with E-state index in [0.29, 0.717) is 12.3 Å². The van der Waals surface area contributed by atoms with Crippen molar-refractivity contribution in [3.05, 3.63) is 34.4 Å². The predicted octanol–water partition coefficient (Wildman–Crippen LogP) is 3.42. The molecule has 3 N–H and O–H groups in total. The minimum atomic E-state index is -1.08. The fourth-order valence-corrected chi connectivity index (χ4v) is 1.94. The van der Waals surface area contributed by atoms with Crippen LogP contribution in [-0.2, 0) is 0 Å². The minimum absolute atomic E-state index is 0.0300. The molecule has 5 heteroatoms. The normalized spacial score (nSPS) is 14.9. The van der Waals surface area contributed by atoms with Crippen LogP contribution in [0.25, 0.3) is 0 Å². The van der Waals surface area contributed by atoms with Crippen molar-refractivity contribution in [2.45, 2.75) is 38.8 Å². The molecule has 0 heterocycles. The molecular weight excluding hydrogens is 260 g/mol. The molecule has 0 saturated carbocycles. The van der Waals surface area contributed by atoms with Crippen molar-refractivity contribution in [3.8, 4) is 0 Å². The summed E-state index contributed by atoms with van der Waals surface area (Å²) in [6.45, 7) is 4.00. The van der Waals surface area contributed by atoms with Crippen molar-refractivity contribution in [3.63, 3.8) is 0 Å². The molecule has 1 aromatic carbocycles. The van der Waals surface area contributed by atoms with Crippen LogP contribution in [0.15, 0.2) is 12.1 Å². The average molecular weight is 278 g/mol. The molecule has 2 atom stereocenters. The third-order valence-corrected chi connectivity index (χ3v) is 3.05. The maximum atomic E-state index is 13.6. The number of rotatable bonds is 5. The van der Waals surface area contributed by atoms with Gasteiger partial charge < -0.3 is 10.8 Å². The summed E-state index contributed by atoms with van der Waals surface area (Å²) in [6.07, 6.45) is 0.170. The topological polar surface area (TPSA) is 46.2 Å². The van der Waals surface area contributed by atoms with Gasteiger partial charge in [-0.2, -0.15) is 0 Å². The summed E-state index contributed by atoms with van der Waals surface area (Å²) in [7, 11) is 0. The Labute approximate surface area is 111 Å². The monoisotopic (exact) mass is 277 g/mol. The molecule has 0 fully saturated rings. The van der Waals surface area contributed by atoms with Crippen LogP contribution in [0.1, 0.15) is 38.3 Å². The van der Waals surface area contributed by atoms with Crippen molar-refractivity contribution in [2.75, 3.05) is 0 Å². The smallest absolute Gasteiger partial charge is 0.132 e. The first kappa shape index (κ1) is 15.3. The van der Waals surface area contributed by atoms with Crippen LogP contribution in [0.3, 0.4) is 0 Å². The van der Waals surface area contributed by atoms with Gasteiger partial charge >= 0.3 is 0 Å². The lowest BCUT2D eigenvalue weighted by molar-refractivity contribution is 0.125. The lowest BCUT2D eigenvalue weighted by Crippen LogP contribution is -2.28. The molecule has 102 valence electrons. The highest BCUT2D eigenvalue weighted by Crippen LogP contribution is 2.27. The second-order valence-corrected chi connectivity index (χ2v) is 5.28. The number of hydrogen-bond donors (Lipinski definition) is 2. The zero-order chi connectivity index (χ0) is 13.9. The predicted molar refractivity (Wildman–Crippen MR) is 68.4 cm³/mol. The van der Waals surface area contributed by atoms with E-state index >= 15 is 0 Å². The second-order valence-electron chi connectivity index (χ2n) is 4.85. The van der Waals surface area contributed by atoms with Crippen LogP contribution >= 0.6 is 11.6 Å². The van der Waals surface area contributed by atoms with Crippen molar-refractivity contribution in [1.82, 2.24) is 0 Å². The summed E-state index contributed by atoms with van der Waals surface area (Å²) in [5.74, 6) is -1.25. The summed E-state index contributed by atoms with van der Waals surface area (Å²) in [5, 5.41) is 9.82. The highest BCUT2D eigenvalue weighted by atomic mass is 35.5. The van der Waals surface area contributed by atoms with Crippen molar-refractivity contribution in [1.29, 1.82) is 0 Å². The zero-order valence-electron chi connectivity index (χ0n) is 10.5. The SMILES string of the molecule is CC(C)CC[C@@H](O)[C@@H](N)c1c(F)cc(Cl)cc1F. The van der Waals surface area contributed by atoms with Gasteiger partial charge in [-0.25, -0.2) is 8.78 Å². The van der Waals surface area contributed by atoms with Gasteiger partial charge in [0.05, 0.1) is 12.1 Å². The van der Waals surface area contributed by atoms with Gasteiger partial charge in [-0.1, -0.05) is 25.4 Å². The Bertz CT molecular complexity index is 389. The molecule has 2 nitrogen and oxygen atoms in total. The van der Waals surface area contributed by atoms with Crippen LogP contribution in [-0.4, -0.2) is 11.2 Å². The number of aliphatic hydroxyl groups is 1. The first-order valence-electron chi connectivity index (χ1n) is 5.91. The van der Waals surface area contributed by atoms with E-state index in [1.807, 2.05) is 13.8 Å². The Morgan fingerprint density at radius 2 is 1.72 bits per heavy atom. The van der Waals surface area contributed by atoms with Gasteiger partial charge in [0, 0.05) is 10.6 Å². The first-order chi connectivity index (χ1) is 8.32. The molecule has 0 bridgehead atoms. The molecule has 1 aromatic rings. The van der Waals surface area contributed by atoms with Gasteiger partial charge in [-0.3, -0.25) is 0 Å². The van der Waals surface area contributed by atoms with Crippen molar-refractivity contribution >= 4 is 11.6 Å². The van der Waals surface area contributed by atoms with E-state index in [-0.39, 0.29) is 10.6 Å². The second kappa shape index (κ2) is 6.45. The standard InChI is InChI=1S/C13H18ClF2NO/c1-7(2)3-4-11(18)13(17)12-9(15)5-8(14)6-10(12)16/h5-7,11,13,18H,3-4,17H2,1-2H3/t11-,13-/m1/s1. The highest BCUT2D eigenvalue weighted by molar-refractivity contribution is 6.30. The van der Waals surface area contributed by atoms with E-state index < -0.39 is 23.8 Å². The molecule has 1 rings (SSSR count). The first-order valence-corrected chi connectivity index (χ1v) is 6.28. The van der Waals surface area contributed by atoms with E-state index in [9.17, 15) is 13.9 Å². The number of nitrogens with two attached hydrogens (primary N) is 1. The molecule has 0 spiro atoms. The Morgan fingerprint density at radius 3 is 2.17 bits per heavy atom. The van der Waals surface area contributed by atoms with Gasteiger partial charge in [0.25, 0.3) is 0 Å². The van der Waals surface area contributed by atoms with E-state index in [1.54, 1.807) is 0 Å². The summed E-state index contributed by atoms with van der Waals surface area (Å²) in [5.41, 5.74) is 5.39. The van der Waals surface area contributed by atoms with Gasteiger partial charge in [0.15, 0.2) is 0 Å². The quantitative estimate of drug-likeness (QED) is 0.866. The molecule has 18 heavy (non-hydrogen) atoms. The maximum Gasteiger partial charge on any atom is 0.132 e. The van der Waals surface area contributed by atoms with Crippen LogP contribution in [0.4, 0.5) is 8.78 Å². The lowest BCUT2D eigenvalue weighted by Gasteiger charge is -2.21. The molecular formula is C13H18ClF2NO. The number of hydrogen-bond acceptors (Lipinski definition) is 2. The molecule has 0 aliphatic rings. The largest absolute Gasteiger partial charge is 0.391 e. The maximum absolute atomic E-state index is 13.6. The molecule has 0 aliphatic carbocycles. The molecule has 0 aliphatic heterocycles. The molecule has 0 radical (unpaired) electrons. The Morgan fingerprint density at radius 1 is 1.22 bits per heavy atom. The molecule has 0 aromatic heterocycles. The summed E-state index contributed by atoms with van der Waals surface area (Å²) >= 11 is 5.53. The van der Waals surface area contributed by atoms with Crippen molar-refractivity contribution in [2.24, 2.45) is 11.7 Å². The van der Waals surface area contributed by atoms with Gasteiger partial charge in [0.1, 0.15) is 11.6 Å². The molecule has 0 saturated heterocycles. The molecule has 0 unspecified atom stereocenters. The molecule has 0 amide bonds. The van der Waals surface area contributed by atoms with Gasteiger partial charge in [-0.15, -0.1) is 0 Å². The van der Waals surface area contributed by atoms with Crippen LogP contribution in [0.5, 0.6) is 0 Å². The van der Waals surface area contributed by atoms with E-state index in [1.165, 1.54) is 0 Å². The van der Waals surface area contributed by atoms with E-state index in [0.717, 1.165) is 18.6 Å². The lowest BCUT2D eigenvalue weighted by atomic mass is 9.95. The fourth-order valence-electron chi connectivity index (χ4n) is 1.75. The Hall–Kier alpha value is -0.710. The number of halogens is 3. The average Bonchev–Trinajstić information content (AvgIpc) is 2.24. The van der Waals surface area contributed by atoms with Crippen LogP contribution in [0, 0.1) is 17.6 Å². The summed E-state index contributed by atoms with van der Waals surface area (Å²) < 4.78 is 27.2. The third kappa shape index (κ3) is 3.90. The highest BCUT2D eigenvalue weighted by Gasteiger charge is 2.24. The van der Waals surface area contributed by atoms with Crippen LogP contribution in [0.2, 0.25) is 5.02 Å². The minimum Gasteiger partial charge on any atom is -0.391 e. The van der Waals surface area contributed by atoms with Crippen molar-refractivity contribution < 1.29 is 13.9 Å². The Balaban J connectivity index is 2.86. The van der Waals surface area contributed by atoms with Gasteiger partial charge in [-0.05, 0) is 30.9 Å².